The van der Waals surface area contributed by atoms with E-state index in [-0.39, 0.29) is 12.0 Å². The molecule has 6 nitrogen and oxygen atoms in total. The standard InChI is InChI=1S/C15H20N4O2/c1-12(21-14-4-3-6-16-11-14)10-18-15(20)5-8-19-9-7-17-13(19)2/h3-4,6-7,9,11-12H,5,8,10H2,1-2H3,(H,18,20)/t12-/m1/s1. The van der Waals surface area contributed by atoms with Crippen LogP contribution in [0.1, 0.15) is 19.2 Å². The number of rotatable bonds is 7. The van der Waals surface area contributed by atoms with Crippen molar-refractivity contribution < 1.29 is 9.53 Å². The van der Waals surface area contributed by atoms with Gasteiger partial charge in [-0.15, -0.1) is 0 Å². The number of carbonyl (C=O) groups is 1. The smallest absolute Gasteiger partial charge is 0.221 e. The molecule has 0 saturated carbocycles. The minimum Gasteiger partial charge on any atom is -0.487 e. The van der Waals surface area contributed by atoms with Crippen LogP contribution in [0.25, 0.3) is 0 Å². The first-order valence-corrected chi connectivity index (χ1v) is 6.96. The van der Waals surface area contributed by atoms with Crippen molar-refractivity contribution in [2.45, 2.75) is 32.9 Å². The molecule has 0 unspecified atom stereocenters. The fourth-order valence-electron chi connectivity index (χ4n) is 1.90. The molecule has 0 aliphatic carbocycles. The summed E-state index contributed by atoms with van der Waals surface area (Å²) in [5.74, 6) is 1.62. The Hall–Kier alpha value is -2.37. The summed E-state index contributed by atoms with van der Waals surface area (Å²) < 4.78 is 7.60. The highest BCUT2D eigenvalue weighted by Crippen LogP contribution is 2.08. The molecule has 112 valence electrons. The van der Waals surface area contributed by atoms with Crippen LogP contribution in [-0.2, 0) is 11.3 Å². The number of hydrogen-bond acceptors (Lipinski definition) is 4. The van der Waals surface area contributed by atoms with Gasteiger partial charge in [0.05, 0.1) is 12.7 Å². The quantitative estimate of drug-likeness (QED) is 0.839. The molecule has 6 heteroatoms. The summed E-state index contributed by atoms with van der Waals surface area (Å²) in [6.07, 6.45) is 7.27. The molecule has 2 aromatic heterocycles. The first-order chi connectivity index (χ1) is 10.1. The molecule has 1 amide bonds. The number of amides is 1. The lowest BCUT2D eigenvalue weighted by Gasteiger charge is -2.15. The summed E-state index contributed by atoms with van der Waals surface area (Å²) in [4.78, 5) is 19.9. The molecule has 0 aromatic carbocycles. The van der Waals surface area contributed by atoms with E-state index in [0.29, 0.717) is 25.3 Å². The Labute approximate surface area is 124 Å². The number of aryl methyl sites for hydroxylation is 2. The predicted molar refractivity (Wildman–Crippen MR) is 78.9 cm³/mol. The van der Waals surface area contributed by atoms with Crippen LogP contribution in [0.4, 0.5) is 0 Å². The summed E-state index contributed by atoms with van der Waals surface area (Å²) in [6.45, 7) is 4.93. The van der Waals surface area contributed by atoms with E-state index in [1.807, 2.05) is 36.7 Å². The van der Waals surface area contributed by atoms with Gasteiger partial charge < -0.3 is 14.6 Å². The van der Waals surface area contributed by atoms with E-state index in [1.165, 1.54) is 0 Å². The molecule has 2 rings (SSSR count). The van der Waals surface area contributed by atoms with E-state index in [2.05, 4.69) is 15.3 Å². The van der Waals surface area contributed by atoms with Gasteiger partial charge in [0.1, 0.15) is 17.7 Å². The summed E-state index contributed by atoms with van der Waals surface area (Å²) in [6, 6.07) is 3.65. The highest BCUT2D eigenvalue weighted by molar-refractivity contribution is 5.75. The van der Waals surface area contributed by atoms with Crippen LogP contribution in [0, 0.1) is 6.92 Å². The molecule has 21 heavy (non-hydrogen) atoms. The number of hydrogen-bond donors (Lipinski definition) is 1. The maximum Gasteiger partial charge on any atom is 0.221 e. The minimum absolute atomic E-state index is 0.00439. The average Bonchev–Trinajstić information content (AvgIpc) is 2.89. The van der Waals surface area contributed by atoms with Crippen LogP contribution >= 0.6 is 0 Å². The number of imidazole rings is 1. The summed E-state index contributed by atoms with van der Waals surface area (Å²) in [5.41, 5.74) is 0. The Balaban J connectivity index is 1.68. The van der Waals surface area contributed by atoms with E-state index < -0.39 is 0 Å². The molecule has 1 atom stereocenters. The van der Waals surface area contributed by atoms with E-state index in [1.54, 1.807) is 18.6 Å². The van der Waals surface area contributed by atoms with Gasteiger partial charge in [-0.3, -0.25) is 9.78 Å². The zero-order valence-electron chi connectivity index (χ0n) is 12.3. The number of nitrogens with zero attached hydrogens (tertiary/aromatic N) is 3. The number of carbonyl (C=O) groups excluding carboxylic acids is 1. The molecule has 2 aromatic rings. The molecule has 0 bridgehead atoms. The SMILES string of the molecule is Cc1nccn1CCC(=O)NC[C@@H](C)Oc1cccnc1. The highest BCUT2D eigenvalue weighted by atomic mass is 16.5. The average molecular weight is 288 g/mol. The zero-order chi connectivity index (χ0) is 15.1. The topological polar surface area (TPSA) is 69.0 Å². The molecule has 0 saturated heterocycles. The number of pyridine rings is 1. The molecule has 0 aliphatic heterocycles. The van der Waals surface area contributed by atoms with Crippen LogP contribution in [0.15, 0.2) is 36.9 Å². The predicted octanol–water partition coefficient (Wildman–Crippen LogP) is 1.56. The normalized spacial score (nSPS) is 11.9. The van der Waals surface area contributed by atoms with Crippen molar-refractivity contribution in [2.75, 3.05) is 6.54 Å². The summed E-state index contributed by atoms with van der Waals surface area (Å²) in [7, 11) is 0. The summed E-state index contributed by atoms with van der Waals surface area (Å²) >= 11 is 0. The minimum atomic E-state index is -0.104. The first-order valence-electron chi connectivity index (χ1n) is 6.96. The number of ether oxygens (including phenoxy) is 1. The van der Waals surface area contributed by atoms with Crippen molar-refractivity contribution in [3.8, 4) is 5.75 Å². The van der Waals surface area contributed by atoms with E-state index >= 15 is 0 Å². The molecule has 0 spiro atoms. The second-order valence-corrected chi connectivity index (χ2v) is 4.84. The number of aromatic nitrogens is 3. The lowest BCUT2D eigenvalue weighted by molar-refractivity contribution is -0.121. The fraction of sp³-hybridized carbons (Fsp3) is 0.400. The first kappa shape index (κ1) is 15.0. The van der Waals surface area contributed by atoms with Gasteiger partial charge >= 0.3 is 0 Å². The molecule has 0 radical (unpaired) electrons. The zero-order valence-corrected chi connectivity index (χ0v) is 12.3. The van der Waals surface area contributed by atoms with Crippen LogP contribution in [-0.4, -0.2) is 33.1 Å². The van der Waals surface area contributed by atoms with Gasteiger partial charge in [0, 0.05) is 31.6 Å². The van der Waals surface area contributed by atoms with Gasteiger partial charge in [-0.05, 0) is 26.0 Å². The van der Waals surface area contributed by atoms with Crippen molar-refractivity contribution in [3.63, 3.8) is 0 Å². The van der Waals surface area contributed by atoms with E-state index in [4.69, 9.17) is 4.74 Å². The highest BCUT2D eigenvalue weighted by Gasteiger charge is 2.08. The number of nitrogens with one attached hydrogen (secondary N) is 1. The van der Waals surface area contributed by atoms with Gasteiger partial charge in [0.25, 0.3) is 0 Å². The molecular formula is C15H20N4O2. The monoisotopic (exact) mass is 288 g/mol. The Morgan fingerprint density at radius 2 is 2.33 bits per heavy atom. The van der Waals surface area contributed by atoms with E-state index in [9.17, 15) is 4.79 Å². The Kier molecular flexibility index (Phi) is 5.31. The molecule has 0 fully saturated rings. The van der Waals surface area contributed by atoms with Gasteiger partial charge in [-0.2, -0.15) is 0 Å². The maximum atomic E-state index is 11.8. The van der Waals surface area contributed by atoms with Crippen molar-refractivity contribution in [1.29, 1.82) is 0 Å². The van der Waals surface area contributed by atoms with Gasteiger partial charge in [0.15, 0.2) is 0 Å². The van der Waals surface area contributed by atoms with Crippen molar-refractivity contribution in [1.82, 2.24) is 19.9 Å². The Morgan fingerprint density at radius 1 is 1.48 bits per heavy atom. The lowest BCUT2D eigenvalue weighted by Crippen LogP contribution is -2.34. The van der Waals surface area contributed by atoms with Gasteiger partial charge in [0.2, 0.25) is 5.91 Å². The van der Waals surface area contributed by atoms with Crippen LogP contribution in [0.3, 0.4) is 0 Å². The van der Waals surface area contributed by atoms with Crippen LogP contribution < -0.4 is 10.1 Å². The molecular weight excluding hydrogens is 268 g/mol. The molecule has 1 N–H and O–H groups in total. The third-order valence-corrected chi connectivity index (χ3v) is 3.06. The van der Waals surface area contributed by atoms with Crippen molar-refractivity contribution >= 4 is 5.91 Å². The molecule has 2 heterocycles. The van der Waals surface area contributed by atoms with Crippen molar-refractivity contribution in [3.05, 3.63) is 42.7 Å². The van der Waals surface area contributed by atoms with Crippen LogP contribution in [0.5, 0.6) is 5.75 Å². The van der Waals surface area contributed by atoms with Gasteiger partial charge in [-0.25, -0.2) is 4.98 Å². The second-order valence-electron chi connectivity index (χ2n) is 4.84. The fourth-order valence-corrected chi connectivity index (χ4v) is 1.90. The Morgan fingerprint density at radius 3 is 3.00 bits per heavy atom. The maximum absolute atomic E-state index is 11.8. The largest absolute Gasteiger partial charge is 0.487 e. The van der Waals surface area contributed by atoms with E-state index in [0.717, 1.165) is 5.82 Å². The third-order valence-electron chi connectivity index (χ3n) is 3.06. The van der Waals surface area contributed by atoms with Crippen molar-refractivity contribution in [2.24, 2.45) is 0 Å². The van der Waals surface area contributed by atoms with Gasteiger partial charge in [-0.1, -0.05) is 0 Å². The Bertz CT molecular complexity index is 568. The molecule has 0 aliphatic rings. The second kappa shape index (κ2) is 7.42. The lowest BCUT2D eigenvalue weighted by atomic mass is 10.3. The van der Waals surface area contributed by atoms with Crippen LogP contribution in [0.2, 0.25) is 0 Å². The summed E-state index contributed by atoms with van der Waals surface area (Å²) in [5, 5.41) is 2.87. The third kappa shape index (κ3) is 4.91.